The number of nitrogens with one attached hydrogen (secondary N) is 3. The molecule has 2 amide bonds. The number of benzene rings is 1. The Kier molecular flexibility index (Phi) is 8.45. The van der Waals surface area contributed by atoms with Gasteiger partial charge in [-0.05, 0) is 46.6 Å². The second kappa shape index (κ2) is 10.1. The number of Topliss-reactive ketones (excluding diaryl/α,β-unsaturated/α-hetero) is 1. The van der Waals surface area contributed by atoms with Crippen LogP contribution in [0.15, 0.2) is 30.3 Å². The van der Waals surface area contributed by atoms with E-state index in [2.05, 4.69) is 10.6 Å². The predicted octanol–water partition coefficient (Wildman–Crippen LogP) is 0.122. The van der Waals surface area contributed by atoms with Gasteiger partial charge in [0, 0.05) is 5.54 Å². The van der Waals surface area contributed by atoms with Gasteiger partial charge in [0.1, 0.15) is 0 Å². The number of hydrogen-bond acceptors (Lipinski definition) is 3. The quantitative estimate of drug-likeness (QED) is 0.584. The minimum atomic E-state index is -0.550. The number of rotatable bonds is 9. The summed E-state index contributed by atoms with van der Waals surface area (Å²) in [5.41, 5.74) is 0.699. The van der Waals surface area contributed by atoms with E-state index in [4.69, 9.17) is 0 Å². The highest BCUT2D eigenvalue weighted by atomic mass is 16.2. The zero-order valence-electron chi connectivity index (χ0n) is 16.5. The highest BCUT2D eigenvalue weighted by Crippen LogP contribution is 2.04. The Hall–Kier alpha value is -2.21. The van der Waals surface area contributed by atoms with Gasteiger partial charge in [-0.1, -0.05) is 30.3 Å². The molecule has 1 rings (SSSR count). The monoisotopic (exact) mass is 362 g/mol. The van der Waals surface area contributed by atoms with Gasteiger partial charge < -0.3 is 15.5 Å². The third-order valence-corrected chi connectivity index (χ3v) is 3.94. The normalized spacial score (nSPS) is 13.6. The fraction of sp³-hybridized carbons (Fsp3) is 0.550. The van der Waals surface area contributed by atoms with Crippen molar-refractivity contribution < 1.29 is 19.3 Å². The average molecular weight is 362 g/mol. The van der Waals surface area contributed by atoms with Crippen LogP contribution in [0.2, 0.25) is 0 Å². The maximum Gasteiger partial charge on any atom is 0.275 e. The van der Waals surface area contributed by atoms with Crippen LogP contribution in [-0.4, -0.2) is 48.8 Å². The van der Waals surface area contributed by atoms with Crippen molar-refractivity contribution in [1.82, 2.24) is 10.6 Å². The summed E-state index contributed by atoms with van der Waals surface area (Å²) >= 11 is 0. The average Bonchev–Trinajstić information content (AvgIpc) is 2.52. The zero-order chi connectivity index (χ0) is 19.7. The SMILES string of the molecule is CC[NH+](CC(=O)N[C@@H](Cc1ccccc1)C(C)=O)CC(=O)NC(C)(C)C. The first-order valence-corrected chi connectivity index (χ1v) is 9.09. The summed E-state index contributed by atoms with van der Waals surface area (Å²) in [6.45, 7) is 10.2. The van der Waals surface area contributed by atoms with Crippen molar-refractivity contribution in [3.63, 3.8) is 0 Å². The van der Waals surface area contributed by atoms with E-state index in [1.165, 1.54) is 6.92 Å². The summed E-state index contributed by atoms with van der Waals surface area (Å²) in [7, 11) is 0. The largest absolute Gasteiger partial charge is 0.347 e. The Labute approximate surface area is 156 Å². The number of ketones is 1. The van der Waals surface area contributed by atoms with Crippen molar-refractivity contribution in [1.29, 1.82) is 0 Å². The second-order valence-electron chi connectivity index (χ2n) is 7.68. The number of quaternary nitrogens is 1. The number of likely N-dealkylation sites (N-methyl/N-ethyl adjacent to an activating group) is 1. The van der Waals surface area contributed by atoms with E-state index < -0.39 is 6.04 Å². The molecule has 0 spiro atoms. The fourth-order valence-electron chi connectivity index (χ4n) is 2.62. The van der Waals surface area contributed by atoms with Crippen LogP contribution >= 0.6 is 0 Å². The molecule has 0 saturated heterocycles. The van der Waals surface area contributed by atoms with E-state index in [0.717, 1.165) is 10.5 Å². The minimum Gasteiger partial charge on any atom is -0.347 e. The van der Waals surface area contributed by atoms with Crippen LogP contribution in [0.4, 0.5) is 0 Å². The lowest BCUT2D eigenvalue weighted by Gasteiger charge is -2.23. The molecular formula is C20H32N3O3+. The number of amides is 2. The van der Waals surface area contributed by atoms with Crippen molar-refractivity contribution in [3.8, 4) is 0 Å². The molecular weight excluding hydrogens is 330 g/mol. The molecule has 0 fully saturated rings. The molecule has 1 aromatic rings. The van der Waals surface area contributed by atoms with Gasteiger partial charge in [0.25, 0.3) is 11.8 Å². The summed E-state index contributed by atoms with van der Waals surface area (Å²) in [5.74, 6) is -0.387. The lowest BCUT2D eigenvalue weighted by molar-refractivity contribution is -0.881. The molecule has 0 heterocycles. The molecule has 0 aliphatic heterocycles. The molecule has 0 aliphatic rings. The Morgan fingerprint density at radius 1 is 1.04 bits per heavy atom. The first-order chi connectivity index (χ1) is 12.1. The van der Waals surface area contributed by atoms with Crippen LogP contribution in [0.25, 0.3) is 0 Å². The van der Waals surface area contributed by atoms with E-state index in [-0.39, 0.29) is 36.2 Å². The molecule has 26 heavy (non-hydrogen) atoms. The van der Waals surface area contributed by atoms with Crippen molar-refractivity contribution in [2.24, 2.45) is 0 Å². The van der Waals surface area contributed by atoms with Crippen molar-refractivity contribution in [2.75, 3.05) is 19.6 Å². The standard InChI is InChI=1S/C20H31N3O3/c1-6-23(14-19(26)22-20(3,4)5)13-18(25)21-17(15(2)24)12-16-10-8-7-9-11-16/h7-11,17H,6,12-14H2,1-5H3,(H,21,25)(H,22,26)/p+1/t17-/m0/s1. The smallest absolute Gasteiger partial charge is 0.275 e. The molecule has 1 unspecified atom stereocenters. The van der Waals surface area contributed by atoms with Gasteiger partial charge >= 0.3 is 0 Å². The predicted molar refractivity (Wildman–Crippen MR) is 102 cm³/mol. The maximum absolute atomic E-state index is 12.4. The third-order valence-electron chi connectivity index (χ3n) is 3.94. The molecule has 2 atom stereocenters. The van der Waals surface area contributed by atoms with Crippen LogP contribution in [0.5, 0.6) is 0 Å². The first kappa shape index (κ1) is 21.8. The summed E-state index contributed by atoms with van der Waals surface area (Å²) in [6, 6.07) is 9.04. The van der Waals surface area contributed by atoms with Crippen LogP contribution in [0.3, 0.4) is 0 Å². The van der Waals surface area contributed by atoms with Gasteiger partial charge in [-0.15, -0.1) is 0 Å². The Bertz CT molecular complexity index is 608. The third kappa shape index (κ3) is 8.76. The van der Waals surface area contributed by atoms with Crippen LogP contribution in [0.1, 0.15) is 40.2 Å². The Morgan fingerprint density at radius 3 is 2.12 bits per heavy atom. The van der Waals surface area contributed by atoms with Gasteiger partial charge in [0.2, 0.25) is 0 Å². The molecule has 0 radical (unpaired) electrons. The van der Waals surface area contributed by atoms with Gasteiger partial charge in [-0.2, -0.15) is 0 Å². The highest BCUT2D eigenvalue weighted by Gasteiger charge is 2.23. The van der Waals surface area contributed by atoms with E-state index in [1.807, 2.05) is 58.0 Å². The number of carbonyl (C=O) groups excluding carboxylic acids is 3. The van der Waals surface area contributed by atoms with Crippen molar-refractivity contribution in [2.45, 2.75) is 52.6 Å². The van der Waals surface area contributed by atoms with Gasteiger partial charge in [0.15, 0.2) is 18.9 Å². The van der Waals surface area contributed by atoms with Crippen LogP contribution in [-0.2, 0) is 20.8 Å². The lowest BCUT2D eigenvalue weighted by Crippen LogP contribution is -3.14. The lowest BCUT2D eigenvalue weighted by atomic mass is 10.0. The summed E-state index contributed by atoms with van der Waals surface area (Å²) in [5, 5.41) is 5.71. The number of carbonyl (C=O) groups is 3. The molecule has 0 aliphatic carbocycles. The Morgan fingerprint density at radius 2 is 1.62 bits per heavy atom. The molecule has 3 N–H and O–H groups in total. The number of hydrogen-bond donors (Lipinski definition) is 3. The fourth-order valence-corrected chi connectivity index (χ4v) is 2.62. The van der Waals surface area contributed by atoms with E-state index >= 15 is 0 Å². The van der Waals surface area contributed by atoms with Crippen LogP contribution in [0, 0.1) is 0 Å². The molecule has 1 aromatic carbocycles. The topological polar surface area (TPSA) is 79.7 Å². The van der Waals surface area contributed by atoms with E-state index in [0.29, 0.717) is 13.0 Å². The molecule has 0 bridgehead atoms. The van der Waals surface area contributed by atoms with Crippen molar-refractivity contribution in [3.05, 3.63) is 35.9 Å². The highest BCUT2D eigenvalue weighted by molar-refractivity contribution is 5.88. The molecule has 6 nitrogen and oxygen atoms in total. The molecule has 0 saturated carbocycles. The van der Waals surface area contributed by atoms with Gasteiger partial charge in [-0.25, -0.2) is 0 Å². The van der Waals surface area contributed by atoms with Crippen LogP contribution < -0.4 is 15.5 Å². The van der Waals surface area contributed by atoms with Gasteiger partial charge in [0.05, 0.1) is 12.6 Å². The van der Waals surface area contributed by atoms with E-state index in [9.17, 15) is 14.4 Å². The Balaban J connectivity index is 2.59. The zero-order valence-corrected chi connectivity index (χ0v) is 16.5. The summed E-state index contributed by atoms with van der Waals surface area (Å²) in [6.07, 6.45) is 0.466. The molecule has 144 valence electrons. The molecule has 6 heteroatoms. The van der Waals surface area contributed by atoms with E-state index in [1.54, 1.807) is 0 Å². The first-order valence-electron chi connectivity index (χ1n) is 9.09. The van der Waals surface area contributed by atoms with Gasteiger partial charge in [-0.3, -0.25) is 14.4 Å². The second-order valence-corrected chi connectivity index (χ2v) is 7.68. The summed E-state index contributed by atoms with van der Waals surface area (Å²) in [4.78, 5) is 37.2. The minimum absolute atomic E-state index is 0.0780. The summed E-state index contributed by atoms with van der Waals surface area (Å²) < 4.78 is 0. The maximum atomic E-state index is 12.4. The van der Waals surface area contributed by atoms with Crippen molar-refractivity contribution >= 4 is 17.6 Å². The molecule has 0 aromatic heterocycles.